The van der Waals surface area contributed by atoms with E-state index in [4.69, 9.17) is 4.74 Å². The summed E-state index contributed by atoms with van der Waals surface area (Å²) in [5, 5.41) is 0. The summed E-state index contributed by atoms with van der Waals surface area (Å²) in [5.41, 5.74) is 2.50. The zero-order valence-corrected chi connectivity index (χ0v) is 12.6. The van der Waals surface area contributed by atoms with Crippen LogP contribution in [0.2, 0.25) is 0 Å². The largest absolute Gasteiger partial charge is 0.380 e. The van der Waals surface area contributed by atoms with Crippen LogP contribution in [0.1, 0.15) is 15.9 Å². The standard InChI is InChI=1S/C16H16N2O2S/c1-20-11-12-4-2-3-5-13(12)16(19)18-8-9-21-15-6-7-17-10-14(15)18/h2-7,10H,8-9,11H2,1H3. The van der Waals surface area contributed by atoms with E-state index < -0.39 is 0 Å². The van der Waals surface area contributed by atoms with Gasteiger partial charge in [-0.25, -0.2) is 0 Å². The van der Waals surface area contributed by atoms with Crippen LogP contribution in [0.4, 0.5) is 5.69 Å². The highest BCUT2D eigenvalue weighted by Gasteiger charge is 2.25. The highest BCUT2D eigenvalue weighted by atomic mass is 32.2. The molecule has 0 bridgehead atoms. The molecular formula is C16H16N2O2S. The molecule has 1 aliphatic rings. The van der Waals surface area contributed by atoms with Gasteiger partial charge in [0.25, 0.3) is 5.91 Å². The first-order chi connectivity index (χ1) is 10.3. The van der Waals surface area contributed by atoms with Crippen LogP contribution in [0, 0.1) is 0 Å². The summed E-state index contributed by atoms with van der Waals surface area (Å²) in [6.07, 6.45) is 3.52. The summed E-state index contributed by atoms with van der Waals surface area (Å²) in [4.78, 5) is 20.0. The Morgan fingerprint density at radius 3 is 3.10 bits per heavy atom. The average Bonchev–Trinajstić information content (AvgIpc) is 2.54. The molecule has 21 heavy (non-hydrogen) atoms. The minimum Gasteiger partial charge on any atom is -0.380 e. The SMILES string of the molecule is COCc1ccccc1C(=O)N1CCSc2ccncc21. The predicted molar refractivity (Wildman–Crippen MR) is 83.8 cm³/mol. The van der Waals surface area contributed by atoms with Crippen molar-refractivity contribution < 1.29 is 9.53 Å². The first kappa shape index (κ1) is 14.1. The number of aromatic nitrogens is 1. The van der Waals surface area contributed by atoms with Gasteiger partial charge in [0.2, 0.25) is 0 Å². The van der Waals surface area contributed by atoms with Gasteiger partial charge in [-0.2, -0.15) is 0 Å². The lowest BCUT2D eigenvalue weighted by atomic mass is 10.1. The number of fused-ring (bicyclic) bond motifs is 1. The molecule has 0 unspecified atom stereocenters. The number of pyridine rings is 1. The molecule has 108 valence electrons. The van der Waals surface area contributed by atoms with Gasteiger partial charge in [-0.05, 0) is 17.7 Å². The summed E-state index contributed by atoms with van der Waals surface area (Å²) in [6, 6.07) is 9.55. The lowest BCUT2D eigenvalue weighted by Gasteiger charge is -2.29. The second kappa shape index (κ2) is 6.28. The van der Waals surface area contributed by atoms with E-state index in [-0.39, 0.29) is 5.91 Å². The maximum absolute atomic E-state index is 12.9. The molecule has 0 aliphatic carbocycles. The molecule has 5 heteroatoms. The summed E-state index contributed by atoms with van der Waals surface area (Å²) < 4.78 is 5.19. The summed E-state index contributed by atoms with van der Waals surface area (Å²) in [6.45, 7) is 1.13. The van der Waals surface area contributed by atoms with Crippen molar-refractivity contribution in [2.75, 3.05) is 24.3 Å². The van der Waals surface area contributed by atoms with E-state index in [2.05, 4.69) is 4.98 Å². The molecule has 0 spiro atoms. The third-order valence-corrected chi connectivity index (χ3v) is 4.46. The molecule has 1 aliphatic heterocycles. The van der Waals surface area contributed by atoms with Crippen molar-refractivity contribution in [3.05, 3.63) is 53.9 Å². The maximum Gasteiger partial charge on any atom is 0.258 e. The molecule has 1 aromatic carbocycles. The van der Waals surface area contributed by atoms with E-state index in [9.17, 15) is 4.79 Å². The minimum absolute atomic E-state index is 0.0113. The average molecular weight is 300 g/mol. The number of anilines is 1. The smallest absolute Gasteiger partial charge is 0.258 e. The van der Waals surface area contributed by atoms with Crippen molar-refractivity contribution in [1.82, 2.24) is 4.98 Å². The lowest BCUT2D eigenvalue weighted by Crippen LogP contribution is -2.36. The second-order valence-corrected chi connectivity index (χ2v) is 5.88. The molecule has 3 rings (SSSR count). The molecule has 0 N–H and O–H groups in total. The summed E-state index contributed by atoms with van der Waals surface area (Å²) in [5.74, 6) is 0.909. The Bertz CT molecular complexity index is 660. The number of hydrogen-bond acceptors (Lipinski definition) is 4. The Morgan fingerprint density at radius 1 is 1.38 bits per heavy atom. The number of ether oxygens (including phenoxy) is 1. The molecule has 1 aromatic heterocycles. The molecule has 0 atom stereocenters. The predicted octanol–water partition coefficient (Wildman–Crippen LogP) is 2.98. The summed E-state index contributed by atoms with van der Waals surface area (Å²) >= 11 is 1.76. The molecule has 0 saturated carbocycles. The fourth-order valence-corrected chi connectivity index (χ4v) is 3.39. The second-order valence-electron chi connectivity index (χ2n) is 4.74. The first-order valence-corrected chi connectivity index (χ1v) is 7.75. The fraction of sp³-hybridized carbons (Fsp3) is 0.250. The number of hydrogen-bond donors (Lipinski definition) is 0. The van der Waals surface area contributed by atoms with Gasteiger partial charge >= 0.3 is 0 Å². The fourth-order valence-electron chi connectivity index (χ4n) is 2.43. The van der Waals surface area contributed by atoms with Crippen molar-refractivity contribution >= 4 is 23.4 Å². The molecule has 4 nitrogen and oxygen atoms in total. The zero-order valence-electron chi connectivity index (χ0n) is 11.8. The number of nitrogens with zero attached hydrogens (tertiary/aromatic N) is 2. The Morgan fingerprint density at radius 2 is 2.24 bits per heavy atom. The number of benzene rings is 1. The van der Waals surface area contributed by atoms with Gasteiger partial charge in [0, 0.05) is 36.1 Å². The van der Waals surface area contributed by atoms with Crippen LogP contribution in [0.15, 0.2) is 47.6 Å². The van der Waals surface area contributed by atoms with Crippen molar-refractivity contribution in [1.29, 1.82) is 0 Å². The minimum atomic E-state index is 0.0113. The van der Waals surface area contributed by atoms with Crippen LogP contribution in [-0.2, 0) is 11.3 Å². The highest BCUT2D eigenvalue weighted by Crippen LogP contribution is 2.34. The van der Waals surface area contributed by atoms with Crippen molar-refractivity contribution in [3.63, 3.8) is 0 Å². The van der Waals surface area contributed by atoms with E-state index in [1.165, 1.54) is 0 Å². The number of thioether (sulfide) groups is 1. The van der Waals surface area contributed by atoms with E-state index in [0.29, 0.717) is 18.7 Å². The Kier molecular flexibility index (Phi) is 4.22. The van der Waals surface area contributed by atoms with Gasteiger partial charge in [0.1, 0.15) is 0 Å². The van der Waals surface area contributed by atoms with Crippen LogP contribution in [0.5, 0.6) is 0 Å². The van der Waals surface area contributed by atoms with Gasteiger partial charge in [-0.15, -0.1) is 11.8 Å². The normalized spacial score (nSPS) is 13.9. The number of rotatable bonds is 3. The monoisotopic (exact) mass is 300 g/mol. The lowest BCUT2D eigenvalue weighted by molar-refractivity contribution is 0.0982. The quantitative estimate of drug-likeness (QED) is 0.874. The topological polar surface area (TPSA) is 42.4 Å². The van der Waals surface area contributed by atoms with Crippen LogP contribution < -0.4 is 4.90 Å². The van der Waals surface area contributed by atoms with Gasteiger partial charge in [0.05, 0.1) is 18.5 Å². The van der Waals surface area contributed by atoms with Gasteiger partial charge in [-0.1, -0.05) is 18.2 Å². The van der Waals surface area contributed by atoms with Crippen molar-refractivity contribution in [2.45, 2.75) is 11.5 Å². The van der Waals surface area contributed by atoms with E-state index >= 15 is 0 Å². The number of carbonyl (C=O) groups is 1. The molecule has 0 fully saturated rings. The maximum atomic E-state index is 12.9. The number of amides is 1. The van der Waals surface area contributed by atoms with Gasteiger partial charge < -0.3 is 9.64 Å². The van der Waals surface area contributed by atoms with E-state index in [1.54, 1.807) is 31.3 Å². The first-order valence-electron chi connectivity index (χ1n) is 6.77. The molecule has 2 heterocycles. The van der Waals surface area contributed by atoms with Crippen LogP contribution in [-0.4, -0.2) is 30.3 Å². The van der Waals surface area contributed by atoms with Crippen LogP contribution >= 0.6 is 11.8 Å². The van der Waals surface area contributed by atoms with Crippen molar-refractivity contribution in [3.8, 4) is 0 Å². The van der Waals surface area contributed by atoms with E-state index in [1.807, 2.05) is 35.2 Å². The highest BCUT2D eigenvalue weighted by molar-refractivity contribution is 7.99. The zero-order chi connectivity index (χ0) is 14.7. The molecule has 0 saturated heterocycles. The van der Waals surface area contributed by atoms with Gasteiger partial charge in [0.15, 0.2) is 0 Å². The molecule has 1 amide bonds. The Balaban J connectivity index is 1.97. The third-order valence-electron chi connectivity index (χ3n) is 3.42. The number of carbonyl (C=O) groups excluding carboxylic acids is 1. The summed E-state index contributed by atoms with van der Waals surface area (Å²) in [7, 11) is 1.64. The van der Waals surface area contributed by atoms with E-state index in [0.717, 1.165) is 21.9 Å². The molecule has 0 radical (unpaired) electrons. The van der Waals surface area contributed by atoms with Crippen LogP contribution in [0.25, 0.3) is 0 Å². The number of methoxy groups -OCH3 is 1. The Labute approximate surface area is 128 Å². The van der Waals surface area contributed by atoms with Gasteiger partial charge in [-0.3, -0.25) is 9.78 Å². The van der Waals surface area contributed by atoms with Crippen LogP contribution in [0.3, 0.4) is 0 Å². The van der Waals surface area contributed by atoms with Crippen molar-refractivity contribution in [2.24, 2.45) is 0 Å². The Hall–Kier alpha value is -1.85. The molecule has 2 aromatic rings. The molecular weight excluding hydrogens is 284 g/mol. The third kappa shape index (κ3) is 2.80.